The first-order valence-corrected chi connectivity index (χ1v) is 11.1. The van der Waals surface area contributed by atoms with Gasteiger partial charge in [0.15, 0.2) is 5.17 Å². The van der Waals surface area contributed by atoms with E-state index in [1.54, 1.807) is 30.6 Å². The average Bonchev–Trinajstić information content (AvgIpc) is 3.44. The minimum atomic E-state index is -0.140. The van der Waals surface area contributed by atoms with Gasteiger partial charge in [0.2, 0.25) is 0 Å². The second-order valence-electron chi connectivity index (χ2n) is 7.44. The lowest BCUT2D eigenvalue weighted by Gasteiger charge is -2.12. The predicted octanol–water partition coefficient (Wildman–Crippen LogP) is 4.86. The number of carbonyl (C=O) groups excluding carboxylic acids is 1. The van der Waals surface area contributed by atoms with E-state index in [9.17, 15) is 4.79 Å². The summed E-state index contributed by atoms with van der Waals surface area (Å²) in [5.74, 6) is 1.23. The molecule has 0 atom stereocenters. The number of methoxy groups -OCH3 is 1. The third-order valence-electron chi connectivity index (χ3n) is 4.97. The standard InChI is InChI=1S/C25H24N4O3S/c1-28(2)20-12-10-18(11-13-20)15-23-24(30)29(17-21-8-6-14-32-21)25(33-23)27-26-16-19-7-4-5-9-22(19)31-3/h4-16H,17H2,1-3H3/b23-15-,26-16+,27-25-. The molecule has 1 aliphatic rings. The summed E-state index contributed by atoms with van der Waals surface area (Å²) in [6.45, 7) is 0.277. The number of rotatable bonds is 7. The normalized spacial score (nSPS) is 16.3. The number of furan rings is 1. The molecule has 8 heteroatoms. The maximum absolute atomic E-state index is 13.2. The van der Waals surface area contributed by atoms with E-state index in [4.69, 9.17) is 9.15 Å². The lowest BCUT2D eigenvalue weighted by atomic mass is 10.2. The third-order valence-corrected chi connectivity index (χ3v) is 5.97. The molecule has 2 heterocycles. The van der Waals surface area contributed by atoms with Crippen LogP contribution in [0.2, 0.25) is 0 Å². The molecular weight excluding hydrogens is 436 g/mol. The SMILES string of the molecule is COc1ccccc1/C=N/N=C1\S/C(=C\c2ccc(N(C)C)cc2)C(=O)N1Cc1ccco1. The van der Waals surface area contributed by atoms with Crippen molar-refractivity contribution in [1.82, 2.24) is 4.90 Å². The van der Waals surface area contributed by atoms with Gasteiger partial charge in [-0.05, 0) is 59.8 Å². The molecule has 0 radical (unpaired) electrons. The first-order chi connectivity index (χ1) is 16.0. The smallest absolute Gasteiger partial charge is 0.267 e. The number of hydrogen-bond donors (Lipinski definition) is 0. The fourth-order valence-electron chi connectivity index (χ4n) is 3.21. The second kappa shape index (κ2) is 10.2. The van der Waals surface area contributed by atoms with Gasteiger partial charge in [-0.2, -0.15) is 5.10 Å². The van der Waals surface area contributed by atoms with Crippen molar-refractivity contribution in [3.05, 3.63) is 88.7 Å². The number of hydrogen-bond acceptors (Lipinski definition) is 7. The van der Waals surface area contributed by atoms with E-state index in [-0.39, 0.29) is 12.5 Å². The molecule has 7 nitrogen and oxygen atoms in total. The molecule has 4 rings (SSSR count). The summed E-state index contributed by atoms with van der Waals surface area (Å²) in [4.78, 5) is 17.4. The quantitative estimate of drug-likeness (QED) is 0.286. The first-order valence-electron chi connectivity index (χ1n) is 10.3. The first kappa shape index (κ1) is 22.4. The largest absolute Gasteiger partial charge is 0.496 e. The topological polar surface area (TPSA) is 70.6 Å². The summed E-state index contributed by atoms with van der Waals surface area (Å²) in [6, 6.07) is 19.2. The summed E-state index contributed by atoms with van der Waals surface area (Å²) >= 11 is 1.29. The summed E-state index contributed by atoms with van der Waals surface area (Å²) in [5.41, 5.74) is 2.83. The maximum Gasteiger partial charge on any atom is 0.267 e. The molecule has 0 spiro atoms. The Morgan fingerprint density at radius 1 is 1.09 bits per heavy atom. The summed E-state index contributed by atoms with van der Waals surface area (Å²) < 4.78 is 10.8. The van der Waals surface area contributed by atoms with Gasteiger partial charge < -0.3 is 14.1 Å². The van der Waals surface area contributed by atoms with E-state index in [0.717, 1.165) is 16.8 Å². The van der Waals surface area contributed by atoms with Crippen molar-refractivity contribution < 1.29 is 13.9 Å². The number of para-hydroxylation sites is 1. The number of amidine groups is 1. The molecule has 168 valence electrons. The summed E-state index contributed by atoms with van der Waals surface area (Å²) in [6.07, 6.45) is 5.07. The molecule has 0 N–H and O–H groups in total. The van der Waals surface area contributed by atoms with E-state index in [0.29, 0.717) is 21.6 Å². The third kappa shape index (κ3) is 5.35. The lowest BCUT2D eigenvalue weighted by molar-refractivity contribution is -0.122. The molecule has 0 bridgehead atoms. The van der Waals surface area contributed by atoms with Gasteiger partial charge in [-0.3, -0.25) is 9.69 Å². The molecule has 3 aromatic rings. The van der Waals surface area contributed by atoms with Gasteiger partial charge in [-0.25, -0.2) is 0 Å². The fourth-order valence-corrected chi connectivity index (χ4v) is 4.15. The molecule has 0 aliphatic carbocycles. The number of nitrogens with zero attached hydrogens (tertiary/aromatic N) is 4. The van der Waals surface area contributed by atoms with Crippen LogP contribution in [0.25, 0.3) is 6.08 Å². The Labute approximate surface area is 197 Å². The number of thioether (sulfide) groups is 1. The van der Waals surface area contributed by atoms with Crippen LogP contribution in [0.4, 0.5) is 5.69 Å². The number of amides is 1. The van der Waals surface area contributed by atoms with Crippen molar-refractivity contribution in [2.45, 2.75) is 6.54 Å². The Kier molecular flexibility index (Phi) is 6.95. The lowest BCUT2D eigenvalue weighted by Crippen LogP contribution is -2.28. The van der Waals surface area contributed by atoms with Gasteiger partial charge in [0.05, 0.1) is 31.0 Å². The minimum absolute atomic E-state index is 0.140. The molecule has 2 aromatic carbocycles. The monoisotopic (exact) mass is 460 g/mol. The van der Waals surface area contributed by atoms with E-state index in [2.05, 4.69) is 10.2 Å². The number of ether oxygens (including phenoxy) is 1. The van der Waals surface area contributed by atoms with Gasteiger partial charge in [0.1, 0.15) is 11.5 Å². The number of carbonyl (C=O) groups is 1. The van der Waals surface area contributed by atoms with Crippen molar-refractivity contribution in [3.8, 4) is 5.75 Å². The molecular formula is C25H24N4O3S. The molecule has 1 aromatic heterocycles. The fraction of sp³-hybridized carbons (Fsp3) is 0.160. The summed E-state index contributed by atoms with van der Waals surface area (Å²) in [5, 5.41) is 9.05. The Morgan fingerprint density at radius 2 is 1.88 bits per heavy atom. The average molecular weight is 461 g/mol. The Balaban J connectivity index is 1.61. The van der Waals surface area contributed by atoms with Gasteiger partial charge in [-0.1, -0.05) is 24.3 Å². The van der Waals surface area contributed by atoms with Crippen LogP contribution in [0.5, 0.6) is 5.75 Å². The van der Waals surface area contributed by atoms with Crippen molar-refractivity contribution in [2.75, 3.05) is 26.1 Å². The molecule has 0 saturated carbocycles. The molecule has 0 unspecified atom stereocenters. The highest BCUT2D eigenvalue weighted by Gasteiger charge is 2.34. The van der Waals surface area contributed by atoms with Gasteiger partial charge >= 0.3 is 0 Å². The number of benzene rings is 2. The molecule has 1 saturated heterocycles. The zero-order valence-electron chi connectivity index (χ0n) is 18.6. The predicted molar refractivity (Wildman–Crippen MR) is 134 cm³/mol. The van der Waals surface area contributed by atoms with Crippen LogP contribution in [-0.2, 0) is 11.3 Å². The van der Waals surface area contributed by atoms with Gasteiger partial charge in [0, 0.05) is 25.3 Å². The zero-order valence-corrected chi connectivity index (χ0v) is 19.5. The number of anilines is 1. The Bertz CT molecular complexity index is 1200. The highest BCUT2D eigenvalue weighted by Crippen LogP contribution is 2.34. The highest BCUT2D eigenvalue weighted by molar-refractivity contribution is 8.18. The molecule has 1 amide bonds. The van der Waals surface area contributed by atoms with Crippen molar-refractivity contribution >= 4 is 40.8 Å². The van der Waals surface area contributed by atoms with Crippen LogP contribution >= 0.6 is 11.8 Å². The van der Waals surface area contributed by atoms with Crippen LogP contribution in [0.15, 0.2) is 86.5 Å². The Hall–Kier alpha value is -3.78. The van der Waals surface area contributed by atoms with Crippen LogP contribution in [0, 0.1) is 0 Å². The van der Waals surface area contributed by atoms with Crippen molar-refractivity contribution in [1.29, 1.82) is 0 Å². The van der Waals surface area contributed by atoms with Crippen molar-refractivity contribution in [3.63, 3.8) is 0 Å². The molecule has 1 fully saturated rings. The Morgan fingerprint density at radius 3 is 2.58 bits per heavy atom. The van der Waals surface area contributed by atoms with Crippen LogP contribution in [-0.4, -0.2) is 43.4 Å². The van der Waals surface area contributed by atoms with E-state index >= 15 is 0 Å². The highest BCUT2D eigenvalue weighted by atomic mass is 32.2. The molecule has 33 heavy (non-hydrogen) atoms. The second-order valence-corrected chi connectivity index (χ2v) is 8.45. The van der Waals surface area contributed by atoms with E-state index < -0.39 is 0 Å². The van der Waals surface area contributed by atoms with Gasteiger partial charge in [-0.15, -0.1) is 5.10 Å². The summed E-state index contributed by atoms with van der Waals surface area (Å²) in [7, 11) is 5.59. The van der Waals surface area contributed by atoms with Crippen LogP contribution in [0.1, 0.15) is 16.9 Å². The van der Waals surface area contributed by atoms with E-state index in [1.807, 2.05) is 79.7 Å². The maximum atomic E-state index is 13.2. The van der Waals surface area contributed by atoms with E-state index in [1.165, 1.54) is 11.8 Å². The zero-order chi connectivity index (χ0) is 23.2. The van der Waals surface area contributed by atoms with Crippen molar-refractivity contribution in [2.24, 2.45) is 10.2 Å². The van der Waals surface area contributed by atoms with Crippen LogP contribution < -0.4 is 9.64 Å². The minimum Gasteiger partial charge on any atom is -0.496 e. The van der Waals surface area contributed by atoms with Crippen LogP contribution in [0.3, 0.4) is 0 Å². The molecule has 1 aliphatic heterocycles. The van der Waals surface area contributed by atoms with Gasteiger partial charge in [0.25, 0.3) is 5.91 Å².